The summed E-state index contributed by atoms with van der Waals surface area (Å²) in [6, 6.07) is 8.61. The summed E-state index contributed by atoms with van der Waals surface area (Å²) in [5.41, 5.74) is 2.29. The van der Waals surface area contributed by atoms with E-state index in [4.69, 9.17) is 14.2 Å². The molecule has 0 heterocycles. The van der Waals surface area contributed by atoms with Gasteiger partial charge in [-0.25, -0.2) is 0 Å². The van der Waals surface area contributed by atoms with Crippen LogP contribution >= 0.6 is 0 Å². The van der Waals surface area contributed by atoms with E-state index in [-0.39, 0.29) is 36.5 Å². The Labute approximate surface area is 420 Å². The topological polar surface area (TPSA) is 102 Å². The van der Waals surface area contributed by atoms with Crippen LogP contribution in [0.25, 0.3) is 0 Å². The third kappa shape index (κ3) is 38.3. The lowest BCUT2D eigenvalue weighted by atomic mass is 9.97. The lowest BCUT2D eigenvalue weighted by Crippen LogP contribution is -2.37. The lowest BCUT2D eigenvalue weighted by molar-refractivity contribution is -0.145. The van der Waals surface area contributed by atoms with Gasteiger partial charge in [-0.3, -0.25) is 14.4 Å². The maximum Gasteiger partial charge on any atom is 0.313 e. The van der Waals surface area contributed by atoms with E-state index in [0.29, 0.717) is 38.6 Å². The molecule has 68 heavy (non-hydrogen) atoms. The maximum atomic E-state index is 12.8. The number of rotatable bonds is 50. The minimum absolute atomic E-state index is 0.102. The van der Waals surface area contributed by atoms with E-state index >= 15 is 0 Å². The van der Waals surface area contributed by atoms with Gasteiger partial charge in [0.05, 0.1) is 25.7 Å². The van der Waals surface area contributed by atoms with Crippen molar-refractivity contribution in [2.45, 2.75) is 284 Å². The predicted octanol–water partition coefficient (Wildman–Crippen LogP) is 16.4. The van der Waals surface area contributed by atoms with Crippen molar-refractivity contribution in [1.82, 2.24) is 4.90 Å². The summed E-state index contributed by atoms with van der Waals surface area (Å²) < 4.78 is 17.0. The van der Waals surface area contributed by atoms with Gasteiger partial charge < -0.3 is 24.2 Å². The molecule has 0 bridgehead atoms. The maximum absolute atomic E-state index is 12.8. The first-order valence-corrected chi connectivity index (χ1v) is 29.1. The van der Waals surface area contributed by atoms with Gasteiger partial charge in [0.1, 0.15) is 0 Å². The average Bonchev–Trinajstić information content (AvgIpc) is 3.33. The molecule has 0 saturated carbocycles. The SMILES string of the molecule is CCCCCCCCCCCCCCOC(=O)CCCC(CCCC(=O)OCCCCCCCCCCCCCC)N(CCCCO)CCCCCCOC(=O)C(C)c1ccc(CC(C)C)cc1. The molecule has 0 aliphatic carbocycles. The molecular weight excluding hydrogens is 847 g/mol. The first-order chi connectivity index (χ1) is 33.2. The highest BCUT2D eigenvalue weighted by atomic mass is 16.5. The first-order valence-electron chi connectivity index (χ1n) is 29.1. The van der Waals surface area contributed by atoms with Crippen LogP contribution in [0.3, 0.4) is 0 Å². The fourth-order valence-electron chi connectivity index (χ4n) is 9.40. The summed E-state index contributed by atoms with van der Waals surface area (Å²) in [5, 5.41) is 9.62. The van der Waals surface area contributed by atoms with E-state index < -0.39 is 0 Å². The highest BCUT2D eigenvalue weighted by Gasteiger charge is 2.20. The van der Waals surface area contributed by atoms with Crippen molar-refractivity contribution in [2.75, 3.05) is 39.5 Å². The Kier molecular flexibility index (Phi) is 43.8. The summed E-state index contributed by atoms with van der Waals surface area (Å²) in [6.07, 6.45) is 41.5. The Morgan fingerprint density at radius 3 is 1.24 bits per heavy atom. The van der Waals surface area contributed by atoms with Crippen molar-refractivity contribution in [3.8, 4) is 0 Å². The van der Waals surface area contributed by atoms with Crippen LogP contribution in [0.5, 0.6) is 0 Å². The second kappa shape index (κ2) is 46.9. The fourth-order valence-corrected chi connectivity index (χ4v) is 9.40. The van der Waals surface area contributed by atoms with Crippen LogP contribution in [0.1, 0.15) is 283 Å². The van der Waals surface area contributed by atoms with Gasteiger partial charge in [0.2, 0.25) is 0 Å². The summed E-state index contributed by atoms with van der Waals surface area (Å²) in [6.45, 7) is 14.3. The molecule has 1 rings (SSSR count). The molecule has 0 aromatic heterocycles. The number of esters is 3. The quantitative estimate of drug-likeness (QED) is 0.0391. The van der Waals surface area contributed by atoms with Gasteiger partial charge >= 0.3 is 17.9 Å². The minimum atomic E-state index is -0.283. The van der Waals surface area contributed by atoms with E-state index in [1.807, 2.05) is 6.92 Å². The fraction of sp³-hybridized carbons (Fsp3) is 0.850. The zero-order valence-corrected chi connectivity index (χ0v) is 45.3. The Hall–Kier alpha value is -2.45. The standard InChI is InChI=1S/C60H109NO7/c1-6-8-10-12-14-16-18-20-22-24-27-33-49-66-58(63)40-36-38-57(39-37-41-59(64)67-50-34-28-25-23-21-19-17-15-13-11-9-7-2)61(47-31-32-48-62)46-30-26-29-35-51-68-60(65)54(5)56-44-42-55(43-45-56)52-53(3)4/h42-45,53-54,57,62H,6-41,46-52H2,1-5H3. The number of aliphatic hydroxyl groups excluding tert-OH is 1. The number of benzene rings is 1. The van der Waals surface area contributed by atoms with Crippen LogP contribution in [-0.2, 0) is 35.0 Å². The van der Waals surface area contributed by atoms with Crippen molar-refractivity contribution in [2.24, 2.45) is 5.92 Å². The molecule has 396 valence electrons. The Morgan fingerprint density at radius 1 is 0.471 bits per heavy atom. The molecule has 0 saturated heterocycles. The van der Waals surface area contributed by atoms with Crippen molar-refractivity contribution >= 4 is 17.9 Å². The number of unbranched alkanes of at least 4 members (excludes halogenated alkanes) is 26. The van der Waals surface area contributed by atoms with E-state index in [0.717, 1.165) is 115 Å². The normalized spacial score (nSPS) is 12.1. The minimum Gasteiger partial charge on any atom is -0.466 e. The smallest absolute Gasteiger partial charge is 0.313 e. The molecule has 0 radical (unpaired) electrons. The summed E-state index contributed by atoms with van der Waals surface area (Å²) >= 11 is 0. The molecule has 1 aromatic carbocycles. The molecule has 1 unspecified atom stereocenters. The molecule has 0 amide bonds. The zero-order valence-electron chi connectivity index (χ0n) is 45.3. The van der Waals surface area contributed by atoms with E-state index in [9.17, 15) is 19.5 Å². The molecule has 8 heteroatoms. The second-order valence-corrected chi connectivity index (χ2v) is 20.8. The van der Waals surface area contributed by atoms with Gasteiger partial charge in [-0.1, -0.05) is 206 Å². The van der Waals surface area contributed by atoms with Crippen LogP contribution < -0.4 is 0 Å². The van der Waals surface area contributed by atoms with Crippen LogP contribution in [0.2, 0.25) is 0 Å². The Morgan fingerprint density at radius 2 is 0.838 bits per heavy atom. The number of hydrogen-bond donors (Lipinski definition) is 1. The third-order valence-corrected chi connectivity index (χ3v) is 13.8. The van der Waals surface area contributed by atoms with Crippen molar-refractivity contribution < 1.29 is 33.7 Å². The van der Waals surface area contributed by atoms with Gasteiger partial charge in [0, 0.05) is 25.5 Å². The van der Waals surface area contributed by atoms with Crippen LogP contribution in [0.15, 0.2) is 24.3 Å². The van der Waals surface area contributed by atoms with Gasteiger partial charge in [-0.15, -0.1) is 0 Å². The number of ether oxygens (including phenoxy) is 3. The van der Waals surface area contributed by atoms with Gasteiger partial charge in [-0.05, 0) is 108 Å². The molecule has 8 nitrogen and oxygen atoms in total. The molecule has 0 aliphatic heterocycles. The largest absolute Gasteiger partial charge is 0.466 e. The van der Waals surface area contributed by atoms with Gasteiger partial charge in [0.15, 0.2) is 0 Å². The van der Waals surface area contributed by atoms with Crippen molar-refractivity contribution in [3.05, 3.63) is 35.4 Å². The van der Waals surface area contributed by atoms with Crippen LogP contribution in [0, 0.1) is 5.92 Å². The van der Waals surface area contributed by atoms with Crippen molar-refractivity contribution in [3.63, 3.8) is 0 Å². The van der Waals surface area contributed by atoms with Crippen LogP contribution in [-0.4, -0.2) is 73.5 Å². The first kappa shape index (κ1) is 63.6. The summed E-state index contributed by atoms with van der Waals surface area (Å²) in [7, 11) is 0. The molecule has 1 N–H and O–H groups in total. The molecule has 0 aliphatic rings. The van der Waals surface area contributed by atoms with Crippen LogP contribution in [0.4, 0.5) is 0 Å². The average molecular weight is 957 g/mol. The molecule has 0 spiro atoms. The highest BCUT2D eigenvalue weighted by molar-refractivity contribution is 5.77. The van der Waals surface area contributed by atoms with E-state index in [2.05, 4.69) is 56.9 Å². The zero-order chi connectivity index (χ0) is 49.6. The van der Waals surface area contributed by atoms with E-state index in [1.54, 1.807) is 0 Å². The van der Waals surface area contributed by atoms with Gasteiger partial charge in [0.25, 0.3) is 0 Å². The van der Waals surface area contributed by atoms with E-state index in [1.165, 1.54) is 134 Å². The lowest BCUT2D eigenvalue weighted by Gasteiger charge is -2.32. The Bertz CT molecular complexity index is 1240. The molecule has 1 aromatic rings. The Balaban J connectivity index is 2.56. The highest BCUT2D eigenvalue weighted by Crippen LogP contribution is 2.22. The van der Waals surface area contributed by atoms with Crippen molar-refractivity contribution in [1.29, 1.82) is 0 Å². The molecular formula is C60H109NO7. The number of carbonyl (C=O) groups excluding carboxylic acids is 3. The number of aliphatic hydroxyl groups is 1. The predicted molar refractivity (Wildman–Crippen MR) is 286 cm³/mol. The van der Waals surface area contributed by atoms with Gasteiger partial charge in [-0.2, -0.15) is 0 Å². The monoisotopic (exact) mass is 956 g/mol. The number of hydrogen-bond acceptors (Lipinski definition) is 8. The number of carbonyl (C=O) groups is 3. The molecule has 1 atom stereocenters. The summed E-state index contributed by atoms with van der Waals surface area (Å²) in [5.74, 6) is -0.0548. The third-order valence-electron chi connectivity index (χ3n) is 13.8. The second-order valence-electron chi connectivity index (χ2n) is 20.8. The number of nitrogens with zero attached hydrogens (tertiary/aromatic N) is 1. The molecule has 0 fully saturated rings. The summed E-state index contributed by atoms with van der Waals surface area (Å²) in [4.78, 5) is 41.0.